The highest BCUT2D eigenvalue weighted by atomic mass is 16.5. The second kappa shape index (κ2) is 8.17. The summed E-state index contributed by atoms with van der Waals surface area (Å²) in [7, 11) is 4.11. The number of amides is 1. The third-order valence-electron chi connectivity index (χ3n) is 4.81. The third kappa shape index (κ3) is 4.60. The molecule has 2 aromatic rings. The molecule has 1 N–H and O–H groups in total. The lowest BCUT2D eigenvalue weighted by atomic mass is 9.96. The van der Waals surface area contributed by atoms with E-state index in [1.165, 1.54) is 5.56 Å². The van der Waals surface area contributed by atoms with Crippen LogP contribution in [0.15, 0.2) is 54.6 Å². The Morgan fingerprint density at radius 1 is 1.16 bits per heavy atom. The van der Waals surface area contributed by atoms with E-state index in [1.54, 1.807) is 0 Å². The van der Waals surface area contributed by atoms with Crippen LogP contribution in [0.4, 0.5) is 0 Å². The molecule has 2 atom stereocenters. The Bertz CT molecular complexity index is 700. The zero-order valence-corrected chi connectivity index (χ0v) is 14.9. The molecule has 1 aliphatic heterocycles. The number of carbonyl (C=O) groups excluding carboxylic acids is 1. The number of nitrogens with zero attached hydrogens (tertiary/aromatic N) is 1. The van der Waals surface area contributed by atoms with E-state index in [2.05, 4.69) is 48.6 Å². The van der Waals surface area contributed by atoms with Crippen LogP contribution in [0.25, 0.3) is 0 Å². The molecule has 2 aromatic carbocycles. The molecule has 1 heterocycles. The summed E-state index contributed by atoms with van der Waals surface area (Å²) >= 11 is 0. The first-order valence-electron chi connectivity index (χ1n) is 8.82. The first-order valence-corrected chi connectivity index (χ1v) is 8.82. The van der Waals surface area contributed by atoms with E-state index < -0.39 is 0 Å². The third-order valence-corrected chi connectivity index (χ3v) is 4.81. The van der Waals surface area contributed by atoms with Crippen LogP contribution in [0.1, 0.15) is 11.1 Å². The Balaban J connectivity index is 1.55. The molecule has 4 heteroatoms. The molecule has 0 spiro atoms. The molecule has 3 rings (SSSR count). The highest BCUT2D eigenvalue weighted by Gasteiger charge is 2.26. The van der Waals surface area contributed by atoms with Crippen molar-refractivity contribution in [2.24, 2.45) is 5.92 Å². The topological polar surface area (TPSA) is 41.6 Å². The summed E-state index contributed by atoms with van der Waals surface area (Å²) in [6.45, 7) is 1.09. The van der Waals surface area contributed by atoms with Gasteiger partial charge in [0.15, 0.2) is 0 Å². The summed E-state index contributed by atoms with van der Waals surface area (Å²) in [6, 6.07) is 18.6. The monoisotopic (exact) mass is 338 g/mol. The van der Waals surface area contributed by atoms with Crippen molar-refractivity contribution in [3.63, 3.8) is 0 Å². The molecular formula is C21H26N2O2. The van der Waals surface area contributed by atoms with Gasteiger partial charge in [0.2, 0.25) is 5.91 Å². The van der Waals surface area contributed by atoms with Crippen molar-refractivity contribution in [2.45, 2.75) is 18.9 Å². The van der Waals surface area contributed by atoms with Crippen LogP contribution in [-0.4, -0.2) is 44.1 Å². The number of carbonyl (C=O) groups is 1. The van der Waals surface area contributed by atoms with E-state index in [9.17, 15) is 4.79 Å². The van der Waals surface area contributed by atoms with Gasteiger partial charge in [0.25, 0.3) is 0 Å². The molecule has 0 radical (unpaired) electrons. The highest BCUT2D eigenvalue weighted by molar-refractivity contribution is 5.79. The standard InChI is InChI=1S/C21H26N2O2/c1-23(2)19(12-16-8-4-3-5-9-16)14-22-21(24)18-13-17-10-6-7-11-20(17)25-15-18/h3-11,18-19H,12-15H2,1-2H3,(H,22,24). The molecule has 0 saturated heterocycles. The van der Waals surface area contributed by atoms with Gasteiger partial charge in [-0.2, -0.15) is 0 Å². The van der Waals surface area contributed by atoms with Crippen molar-refractivity contribution in [2.75, 3.05) is 27.2 Å². The minimum atomic E-state index is -0.116. The van der Waals surface area contributed by atoms with Crippen molar-refractivity contribution < 1.29 is 9.53 Å². The average molecular weight is 338 g/mol. The smallest absolute Gasteiger partial charge is 0.226 e. The van der Waals surface area contributed by atoms with E-state index in [0.717, 1.165) is 24.2 Å². The molecule has 0 fully saturated rings. The van der Waals surface area contributed by atoms with E-state index in [4.69, 9.17) is 4.74 Å². The number of likely N-dealkylation sites (N-methyl/N-ethyl adjacent to an activating group) is 1. The van der Waals surface area contributed by atoms with Gasteiger partial charge in [-0.25, -0.2) is 0 Å². The fourth-order valence-corrected chi connectivity index (χ4v) is 3.18. The molecule has 1 amide bonds. The van der Waals surface area contributed by atoms with Gasteiger partial charge in [-0.3, -0.25) is 4.79 Å². The largest absolute Gasteiger partial charge is 0.492 e. The average Bonchev–Trinajstić information content (AvgIpc) is 2.65. The van der Waals surface area contributed by atoms with Crippen LogP contribution in [0.2, 0.25) is 0 Å². The summed E-state index contributed by atoms with van der Waals surface area (Å²) < 4.78 is 5.74. The van der Waals surface area contributed by atoms with Gasteiger partial charge < -0.3 is 15.0 Å². The molecule has 0 saturated carbocycles. The molecule has 0 bridgehead atoms. The van der Waals surface area contributed by atoms with Crippen molar-refractivity contribution in [1.82, 2.24) is 10.2 Å². The van der Waals surface area contributed by atoms with Crippen LogP contribution >= 0.6 is 0 Å². The molecule has 0 aliphatic carbocycles. The van der Waals surface area contributed by atoms with E-state index in [-0.39, 0.29) is 17.9 Å². The van der Waals surface area contributed by atoms with Gasteiger partial charge in [-0.15, -0.1) is 0 Å². The van der Waals surface area contributed by atoms with E-state index in [1.807, 2.05) is 30.3 Å². The minimum absolute atomic E-state index is 0.0782. The molecule has 1 aliphatic rings. The Hall–Kier alpha value is -2.33. The summed E-state index contributed by atoms with van der Waals surface area (Å²) in [6.07, 6.45) is 1.66. The van der Waals surface area contributed by atoms with Gasteiger partial charge in [-0.1, -0.05) is 48.5 Å². The zero-order chi connectivity index (χ0) is 17.6. The maximum atomic E-state index is 12.6. The second-order valence-electron chi connectivity index (χ2n) is 6.87. The van der Waals surface area contributed by atoms with Crippen LogP contribution in [0.5, 0.6) is 5.75 Å². The number of nitrogens with one attached hydrogen (secondary N) is 1. The van der Waals surface area contributed by atoms with Crippen molar-refractivity contribution in [3.8, 4) is 5.75 Å². The lowest BCUT2D eigenvalue weighted by Crippen LogP contribution is -2.45. The maximum absolute atomic E-state index is 12.6. The first kappa shape index (κ1) is 17.5. The summed E-state index contributed by atoms with van der Waals surface area (Å²) in [5, 5.41) is 3.12. The zero-order valence-electron chi connectivity index (χ0n) is 14.9. The van der Waals surface area contributed by atoms with Crippen LogP contribution in [0, 0.1) is 5.92 Å². The molecule has 132 valence electrons. The number of benzene rings is 2. The minimum Gasteiger partial charge on any atom is -0.492 e. The van der Waals surface area contributed by atoms with E-state index in [0.29, 0.717) is 13.2 Å². The Morgan fingerprint density at radius 3 is 2.64 bits per heavy atom. The lowest BCUT2D eigenvalue weighted by molar-refractivity contribution is -0.126. The van der Waals surface area contributed by atoms with Crippen LogP contribution in [0.3, 0.4) is 0 Å². The molecular weight excluding hydrogens is 312 g/mol. The van der Waals surface area contributed by atoms with Gasteiger partial charge in [0.05, 0.1) is 5.92 Å². The molecule has 25 heavy (non-hydrogen) atoms. The normalized spacial score (nSPS) is 17.5. The van der Waals surface area contributed by atoms with Gasteiger partial charge in [-0.05, 0) is 44.1 Å². The fraction of sp³-hybridized carbons (Fsp3) is 0.381. The SMILES string of the molecule is CN(C)C(CNC(=O)C1COc2ccccc2C1)Cc1ccccc1. The predicted molar refractivity (Wildman–Crippen MR) is 99.8 cm³/mol. The quantitative estimate of drug-likeness (QED) is 0.880. The van der Waals surface area contributed by atoms with Gasteiger partial charge in [0, 0.05) is 12.6 Å². The van der Waals surface area contributed by atoms with Gasteiger partial charge in [0.1, 0.15) is 12.4 Å². The number of fused-ring (bicyclic) bond motifs is 1. The van der Waals surface area contributed by atoms with Crippen LogP contribution in [-0.2, 0) is 17.6 Å². The van der Waals surface area contributed by atoms with Crippen molar-refractivity contribution in [3.05, 3.63) is 65.7 Å². The summed E-state index contributed by atoms with van der Waals surface area (Å²) in [5.74, 6) is 0.866. The highest BCUT2D eigenvalue weighted by Crippen LogP contribution is 2.26. The van der Waals surface area contributed by atoms with Crippen molar-refractivity contribution in [1.29, 1.82) is 0 Å². The van der Waals surface area contributed by atoms with E-state index >= 15 is 0 Å². The second-order valence-corrected chi connectivity index (χ2v) is 6.87. The number of para-hydroxylation sites is 1. The number of hydrogen-bond acceptors (Lipinski definition) is 3. The first-order chi connectivity index (χ1) is 12.1. The summed E-state index contributed by atoms with van der Waals surface area (Å²) in [5.41, 5.74) is 2.40. The molecule has 2 unspecified atom stereocenters. The molecule has 4 nitrogen and oxygen atoms in total. The summed E-state index contributed by atoms with van der Waals surface area (Å²) in [4.78, 5) is 14.7. The Kier molecular flexibility index (Phi) is 5.71. The number of rotatable bonds is 6. The Labute approximate surface area is 149 Å². The maximum Gasteiger partial charge on any atom is 0.226 e. The predicted octanol–water partition coefficient (Wildman–Crippen LogP) is 2.53. The van der Waals surface area contributed by atoms with Crippen molar-refractivity contribution >= 4 is 5.91 Å². The number of ether oxygens (including phenoxy) is 1. The number of hydrogen-bond donors (Lipinski definition) is 1. The fourth-order valence-electron chi connectivity index (χ4n) is 3.18. The lowest BCUT2D eigenvalue weighted by Gasteiger charge is -2.28. The van der Waals surface area contributed by atoms with Gasteiger partial charge >= 0.3 is 0 Å². The molecule has 0 aromatic heterocycles. The Morgan fingerprint density at radius 2 is 1.88 bits per heavy atom. The van der Waals surface area contributed by atoms with Crippen LogP contribution < -0.4 is 10.1 Å².